The van der Waals surface area contributed by atoms with E-state index in [0.29, 0.717) is 12.8 Å². The summed E-state index contributed by atoms with van der Waals surface area (Å²) in [4.78, 5) is 30.3. The first-order valence-electron chi connectivity index (χ1n) is 12.1. The molecule has 0 atom stereocenters. The van der Waals surface area contributed by atoms with Crippen LogP contribution >= 0.6 is 0 Å². The standard InChI is InChI=1S/C32H28N2O2/c1-33(29(35)21-23-13-5-3-6-14-23)31-25-17-9-11-19-27(25)32(28-20-12-10-18-26(28)31)34(2)30(36)22-24-15-7-4-8-16-24/h3-20H,21-22H2,1-2H3. The molecule has 0 spiro atoms. The van der Waals surface area contributed by atoms with Gasteiger partial charge in [0.05, 0.1) is 24.2 Å². The minimum absolute atomic E-state index is 0.0118. The average Bonchev–Trinajstić information content (AvgIpc) is 2.92. The minimum atomic E-state index is 0.0118. The van der Waals surface area contributed by atoms with E-state index in [1.54, 1.807) is 9.80 Å². The molecule has 4 nitrogen and oxygen atoms in total. The van der Waals surface area contributed by atoms with Crippen LogP contribution in [0, 0.1) is 0 Å². The third-order valence-electron chi connectivity index (χ3n) is 6.69. The number of likely N-dealkylation sites (N-methyl/N-ethyl adjacent to an activating group) is 2. The summed E-state index contributed by atoms with van der Waals surface area (Å²) < 4.78 is 0. The van der Waals surface area contributed by atoms with E-state index in [2.05, 4.69) is 0 Å². The molecule has 0 aliphatic heterocycles. The second kappa shape index (κ2) is 10.0. The summed E-state index contributed by atoms with van der Waals surface area (Å²) in [7, 11) is 3.67. The predicted molar refractivity (Wildman–Crippen MR) is 149 cm³/mol. The van der Waals surface area contributed by atoms with Crippen LogP contribution in [0.4, 0.5) is 11.4 Å². The van der Waals surface area contributed by atoms with Gasteiger partial charge in [-0.2, -0.15) is 0 Å². The summed E-state index contributed by atoms with van der Waals surface area (Å²) in [6.45, 7) is 0. The van der Waals surface area contributed by atoms with Crippen molar-refractivity contribution in [3.05, 3.63) is 120 Å². The van der Waals surface area contributed by atoms with E-state index in [4.69, 9.17) is 0 Å². The van der Waals surface area contributed by atoms with Crippen LogP contribution in [0.25, 0.3) is 21.5 Å². The number of nitrogens with zero attached hydrogens (tertiary/aromatic N) is 2. The Labute approximate surface area is 211 Å². The molecule has 0 aliphatic carbocycles. The number of benzene rings is 5. The second-order valence-electron chi connectivity index (χ2n) is 9.02. The Morgan fingerprint density at radius 1 is 0.472 bits per heavy atom. The Hall–Kier alpha value is -4.44. The van der Waals surface area contributed by atoms with Crippen LogP contribution in [0.2, 0.25) is 0 Å². The van der Waals surface area contributed by atoms with Crippen LogP contribution < -0.4 is 9.80 Å². The molecule has 0 unspecified atom stereocenters. The smallest absolute Gasteiger partial charge is 0.231 e. The molecule has 0 N–H and O–H groups in total. The summed E-state index contributed by atoms with van der Waals surface area (Å²) in [5, 5.41) is 3.76. The fraction of sp³-hybridized carbons (Fsp3) is 0.125. The fourth-order valence-electron chi connectivity index (χ4n) is 4.83. The lowest BCUT2D eigenvalue weighted by molar-refractivity contribution is -0.118. The molecule has 5 aromatic carbocycles. The highest BCUT2D eigenvalue weighted by molar-refractivity contribution is 6.24. The second-order valence-corrected chi connectivity index (χ2v) is 9.02. The van der Waals surface area contributed by atoms with Crippen molar-refractivity contribution >= 4 is 44.7 Å². The molecule has 0 saturated carbocycles. The van der Waals surface area contributed by atoms with E-state index in [-0.39, 0.29) is 11.8 Å². The van der Waals surface area contributed by atoms with Crippen molar-refractivity contribution in [3.8, 4) is 0 Å². The first-order valence-corrected chi connectivity index (χ1v) is 12.1. The molecule has 5 aromatic rings. The highest BCUT2D eigenvalue weighted by Gasteiger charge is 2.23. The third kappa shape index (κ3) is 4.46. The quantitative estimate of drug-likeness (QED) is 0.212. The maximum Gasteiger partial charge on any atom is 0.231 e. The Morgan fingerprint density at radius 2 is 0.750 bits per heavy atom. The number of rotatable bonds is 6. The number of hydrogen-bond acceptors (Lipinski definition) is 2. The summed E-state index contributed by atoms with van der Waals surface area (Å²) >= 11 is 0. The van der Waals surface area contributed by atoms with Crippen molar-refractivity contribution in [1.82, 2.24) is 0 Å². The number of fused-ring (bicyclic) bond motifs is 2. The van der Waals surface area contributed by atoms with E-state index < -0.39 is 0 Å². The van der Waals surface area contributed by atoms with Crippen molar-refractivity contribution in [1.29, 1.82) is 0 Å². The monoisotopic (exact) mass is 472 g/mol. The van der Waals surface area contributed by atoms with Crippen molar-refractivity contribution in [2.75, 3.05) is 23.9 Å². The van der Waals surface area contributed by atoms with Crippen LogP contribution in [0.3, 0.4) is 0 Å². The van der Waals surface area contributed by atoms with Gasteiger partial charge in [0.1, 0.15) is 0 Å². The van der Waals surface area contributed by atoms with Gasteiger partial charge in [-0.15, -0.1) is 0 Å². The number of carbonyl (C=O) groups excluding carboxylic acids is 2. The van der Waals surface area contributed by atoms with Gasteiger partial charge < -0.3 is 9.80 Å². The number of anilines is 2. The van der Waals surface area contributed by atoms with Gasteiger partial charge >= 0.3 is 0 Å². The van der Waals surface area contributed by atoms with E-state index in [1.807, 2.05) is 123 Å². The van der Waals surface area contributed by atoms with Crippen LogP contribution in [-0.2, 0) is 22.4 Å². The molecule has 2 amide bonds. The minimum Gasteiger partial charge on any atom is -0.314 e. The molecule has 36 heavy (non-hydrogen) atoms. The van der Waals surface area contributed by atoms with Crippen LogP contribution in [0.15, 0.2) is 109 Å². The molecule has 0 heterocycles. The van der Waals surface area contributed by atoms with Gasteiger partial charge in [-0.3, -0.25) is 9.59 Å². The largest absolute Gasteiger partial charge is 0.314 e. The molecule has 4 heteroatoms. The van der Waals surface area contributed by atoms with E-state index in [0.717, 1.165) is 44.0 Å². The van der Waals surface area contributed by atoms with Crippen molar-refractivity contribution in [2.24, 2.45) is 0 Å². The Bertz CT molecular complexity index is 1370. The summed E-state index contributed by atoms with van der Waals surface area (Å²) in [6, 6.07) is 35.6. The summed E-state index contributed by atoms with van der Waals surface area (Å²) in [5.74, 6) is 0.0236. The molecule has 0 radical (unpaired) electrons. The zero-order valence-corrected chi connectivity index (χ0v) is 20.5. The molecule has 0 aliphatic rings. The van der Waals surface area contributed by atoms with Crippen LogP contribution in [0.5, 0.6) is 0 Å². The lowest BCUT2D eigenvalue weighted by Crippen LogP contribution is -2.30. The zero-order valence-electron chi connectivity index (χ0n) is 20.5. The van der Waals surface area contributed by atoms with Crippen molar-refractivity contribution in [3.63, 3.8) is 0 Å². The summed E-state index contributed by atoms with van der Waals surface area (Å²) in [5.41, 5.74) is 3.67. The van der Waals surface area contributed by atoms with Gasteiger partial charge in [0.25, 0.3) is 0 Å². The van der Waals surface area contributed by atoms with E-state index >= 15 is 0 Å². The normalized spacial score (nSPS) is 10.9. The van der Waals surface area contributed by atoms with Gasteiger partial charge in [-0.25, -0.2) is 0 Å². The molecule has 178 valence electrons. The Morgan fingerprint density at radius 3 is 1.06 bits per heavy atom. The van der Waals surface area contributed by atoms with Crippen LogP contribution in [0.1, 0.15) is 11.1 Å². The lowest BCUT2D eigenvalue weighted by atomic mass is 9.96. The van der Waals surface area contributed by atoms with E-state index in [9.17, 15) is 9.59 Å². The zero-order chi connectivity index (χ0) is 25.1. The van der Waals surface area contributed by atoms with Crippen molar-refractivity contribution in [2.45, 2.75) is 12.8 Å². The molecule has 5 rings (SSSR count). The highest BCUT2D eigenvalue weighted by Crippen LogP contribution is 2.43. The topological polar surface area (TPSA) is 40.6 Å². The highest BCUT2D eigenvalue weighted by atomic mass is 16.2. The van der Waals surface area contributed by atoms with Crippen molar-refractivity contribution < 1.29 is 9.59 Å². The third-order valence-corrected chi connectivity index (χ3v) is 6.69. The molecule has 0 bridgehead atoms. The van der Waals surface area contributed by atoms with E-state index in [1.165, 1.54) is 0 Å². The lowest BCUT2D eigenvalue weighted by Gasteiger charge is -2.27. The van der Waals surface area contributed by atoms with Gasteiger partial charge in [0, 0.05) is 35.6 Å². The maximum atomic E-state index is 13.4. The SMILES string of the molecule is CN(C(=O)Cc1ccccc1)c1c2ccccc2c(N(C)C(=O)Cc2ccccc2)c2ccccc12. The summed E-state index contributed by atoms with van der Waals surface area (Å²) in [6.07, 6.45) is 0.633. The van der Waals surface area contributed by atoms with Gasteiger partial charge in [-0.1, -0.05) is 109 Å². The fourth-order valence-corrected chi connectivity index (χ4v) is 4.83. The first-order chi connectivity index (χ1) is 17.5. The molecule has 0 fully saturated rings. The first kappa shape index (κ1) is 23.3. The number of amides is 2. The van der Waals surface area contributed by atoms with Gasteiger partial charge in [0.15, 0.2) is 0 Å². The molecular formula is C32H28N2O2. The van der Waals surface area contributed by atoms with Crippen LogP contribution in [-0.4, -0.2) is 25.9 Å². The molecular weight excluding hydrogens is 444 g/mol. The number of carbonyl (C=O) groups is 2. The number of hydrogen-bond donors (Lipinski definition) is 0. The Kier molecular flexibility index (Phi) is 6.50. The molecule has 0 saturated heterocycles. The predicted octanol–water partition coefficient (Wildman–Crippen LogP) is 6.40. The van der Waals surface area contributed by atoms with Gasteiger partial charge in [-0.05, 0) is 11.1 Å². The average molecular weight is 473 g/mol. The maximum absolute atomic E-state index is 13.4. The molecule has 0 aromatic heterocycles. The van der Waals surface area contributed by atoms with Gasteiger partial charge in [0.2, 0.25) is 11.8 Å². The Balaban J connectivity index is 1.62.